The van der Waals surface area contributed by atoms with E-state index in [-0.39, 0.29) is 26.7 Å². The molecule has 0 spiro atoms. The van der Waals surface area contributed by atoms with Crippen molar-refractivity contribution in [2.75, 3.05) is 11.1 Å². The van der Waals surface area contributed by atoms with Gasteiger partial charge >= 0.3 is 5.97 Å². The molecule has 0 aliphatic rings. The number of esters is 1. The molecule has 1 aromatic carbocycles. The molecule has 2 heterocycles. The first-order valence-electron chi connectivity index (χ1n) is 9.53. The minimum atomic E-state index is -3.60. The van der Waals surface area contributed by atoms with Gasteiger partial charge < -0.3 is 4.74 Å². The van der Waals surface area contributed by atoms with Crippen molar-refractivity contribution in [2.45, 2.75) is 18.2 Å². The number of nitrogens with one attached hydrogen (secondary N) is 1. The van der Waals surface area contributed by atoms with Gasteiger partial charge in [-0.2, -0.15) is 5.26 Å². The topological polar surface area (TPSA) is 139 Å². The van der Waals surface area contributed by atoms with Crippen molar-refractivity contribution in [1.29, 1.82) is 5.26 Å². The minimum absolute atomic E-state index is 0.0284. The Morgan fingerprint density at radius 2 is 1.94 bits per heavy atom. The number of carbonyl (C=O) groups excluding carboxylic acids is 2. The highest BCUT2D eigenvalue weighted by Crippen LogP contribution is 2.23. The molecule has 1 amide bonds. The van der Waals surface area contributed by atoms with Crippen LogP contribution in [-0.4, -0.2) is 36.2 Å². The van der Waals surface area contributed by atoms with E-state index in [1.54, 1.807) is 61.7 Å². The van der Waals surface area contributed by atoms with Gasteiger partial charge in [-0.1, -0.05) is 43.4 Å². The lowest BCUT2D eigenvalue weighted by molar-refractivity contribution is -0.112. The van der Waals surface area contributed by atoms with E-state index in [9.17, 15) is 23.3 Å². The van der Waals surface area contributed by atoms with Crippen molar-refractivity contribution in [1.82, 2.24) is 10.2 Å². The largest absolute Gasteiger partial charge is 0.422 e. The predicted octanol–water partition coefficient (Wildman–Crippen LogP) is 3.79. The van der Waals surface area contributed by atoms with E-state index in [0.29, 0.717) is 16.2 Å². The van der Waals surface area contributed by atoms with Crippen LogP contribution in [0.4, 0.5) is 5.13 Å². The molecule has 0 fully saturated rings. The number of sulfone groups is 1. The molecule has 12 heteroatoms. The maximum Gasteiger partial charge on any atom is 0.353 e. The van der Waals surface area contributed by atoms with Gasteiger partial charge in [0.2, 0.25) is 19.3 Å². The lowest BCUT2D eigenvalue weighted by Crippen LogP contribution is -2.13. The van der Waals surface area contributed by atoms with Gasteiger partial charge in [-0.3, -0.25) is 10.1 Å². The number of aromatic nitrogens is 2. The SMILES string of the molecule is CC(C)CS(=O)(=O)c1nnc(NC(=O)C(C#N)=Cc2ccc(OC(=O)c3cccs3)cc2)s1. The highest BCUT2D eigenvalue weighted by atomic mass is 32.2. The Morgan fingerprint density at radius 3 is 2.55 bits per heavy atom. The van der Waals surface area contributed by atoms with Crippen molar-refractivity contribution >= 4 is 55.6 Å². The number of anilines is 1. The summed E-state index contributed by atoms with van der Waals surface area (Å²) in [6.07, 6.45) is 1.34. The fraction of sp³-hybridized carbons (Fsp3) is 0.190. The number of thiophene rings is 1. The molecule has 0 atom stereocenters. The normalized spacial score (nSPS) is 11.8. The van der Waals surface area contributed by atoms with Crippen LogP contribution in [0, 0.1) is 17.2 Å². The summed E-state index contributed by atoms with van der Waals surface area (Å²) in [4.78, 5) is 24.9. The number of hydrogen-bond acceptors (Lipinski definition) is 10. The number of ether oxygens (including phenoxy) is 1. The van der Waals surface area contributed by atoms with Crippen LogP contribution in [0.25, 0.3) is 6.08 Å². The Bertz CT molecular complexity index is 1320. The minimum Gasteiger partial charge on any atom is -0.422 e. The highest BCUT2D eigenvalue weighted by Gasteiger charge is 2.23. The molecule has 170 valence electrons. The summed E-state index contributed by atoms with van der Waals surface area (Å²) in [6, 6.07) is 11.5. The van der Waals surface area contributed by atoms with Crippen molar-refractivity contribution in [3.05, 3.63) is 57.8 Å². The number of benzene rings is 1. The van der Waals surface area contributed by atoms with Crippen LogP contribution in [0.15, 0.2) is 51.7 Å². The average molecular weight is 503 g/mol. The summed E-state index contributed by atoms with van der Waals surface area (Å²) in [7, 11) is -3.60. The summed E-state index contributed by atoms with van der Waals surface area (Å²) >= 11 is 1.99. The molecule has 33 heavy (non-hydrogen) atoms. The van der Waals surface area contributed by atoms with E-state index in [0.717, 1.165) is 11.3 Å². The Morgan fingerprint density at radius 1 is 1.21 bits per heavy atom. The van der Waals surface area contributed by atoms with Crippen LogP contribution < -0.4 is 10.1 Å². The van der Waals surface area contributed by atoms with Crippen LogP contribution in [0.5, 0.6) is 5.75 Å². The number of nitriles is 1. The smallest absolute Gasteiger partial charge is 0.353 e. The first kappa shape index (κ1) is 24.2. The number of amides is 1. The molecule has 3 aromatic rings. The van der Waals surface area contributed by atoms with Crippen LogP contribution in [0.3, 0.4) is 0 Å². The van der Waals surface area contributed by atoms with Crippen LogP contribution in [0.2, 0.25) is 0 Å². The maximum atomic E-state index is 12.4. The highest BCUT2D eigenvalue weighted by molar-refractivity contribution is 7.93. The Balaban J connectivity index is 1.67. The molecule has 0 saturated carbocycles. The quantitative estimate of drug-likeness (QED) is 0.161. The van der Waals surface area contributed by atoms with Crippen molar-refractivity contribution in [3.63, 3.8) is 0 Å². The van der Waals surface area contributed by atoms with Crippen molar-refractivity contribution < 1.29 is 22.7 Å². The Labute approximate surface area is 198 Å². The van der Waals surface area contributed by atoms with E-state index in [4.69, 9.17) is 4.74 Å². The molecule has 2 aromatic heterocycles. The van der Waals surface area contributed by atoms with Gasteiger partial charge in [-0.05, 0) is 41.1 Å². The average Bonchev–Trinajstić information content (AvgIpc) is 3.45. The van der Waals surface area contributed by atoms with Crippen molar-refractivity contribution in [2.24, 2.45) is 5.92 Å². The van der Waals surface area contributed by atoms with Gasteiger partial charge in [0.1, 0.15) is 22.3 Å². The molecule has 0 radical (unpaired) electrons. The predicted molar refractivity (Wildman–Crippen MR) is 125 cm³/mol. The number of rotatable bonds is 8. The molecule has 0 aliphatic carbocycles. The van der Waals surface area contributed by atoms with Crippen LogP contribution in [-0.2, 0) is 14.6 Å². The zero-order valence-electron chi connectivity index (χ0n) is 17.5. The Kier molecular flexibility index (Phi) is 7.70. The van der Waals surface area contributed by atoms with Crippen LogP contribution >= 0.6 is 22.7 Å². The van der Waals surface area contributed by atoms with Crippen LogP contribution in [0.1, 0.15) is 29.1 Å². The summed E-state index contributed by atoms with van der Waals surface area (Å²) in [6.45, 7) is 3.54. The third kappa shape index (κ3) is 6.55. The van der Waals surface area contributed by atoms with E-state index < -0.39 is 21.7 Å². The van der Waals surface area contributed by atoms with E-state index in [1.165, 1.54) is 17.4 Å². The number of nitrogens with zero attached hydrogens (tertiary/aromatic N) is 3. The first-order chi connectivity index (χ1) is 15.7. The molecular formula is C21H18N4O5S3. The van der Waals surface area contributed by atoms with Gasteiger partial charge in [0.25, 0.3) is 5.91 Å². The van der Waals surface area contributed by atoms with Gasteiger partial charge in [-0.25, -0.2) is 13.2 Å². The van der Waals surface area contributed by atoms with Gasteiger partial charge in [0.05, 0.1) is 5.75 Å². The standard InChI is InChI=1S/C21H18N4O5S3/c1-13(2)12-33(28,29)21-25-24-20(32-21)23-18(26)15(11-22)10-14-5-7-16(8-6-14)30-19(27)17-4-3-9-31-17/h3-10,13H,12H2,1-2H3,(H,23,24,26). The van der Waals surface area contributed by atoms with Gasteiger partial charge in [-0.15, -0.1) is 21.5 Å². The zero-order valence-corrected chi connectivity index (χ0v) is 20.0. The number of carbonyl (C=O) groups is 2. The van der Waals surface area contributed by atoms with E-state index in [2.05, 4.69) is 15.5 Å². The molecule has 9 nitrogen and oxygen atoms in total. The molecular weight excluding hydrogens is 484 g/mol. The fourth-order valence-electron chi connectivity index (χ4n) is 2.56. The maximum absolute atomic E-state index is 12.4. The van der Waals surface area contributed by atoms with Gasteiger partial charge in [0.15, 0.2) is 0 Å². The zero-order chi connectivity index (χ0) is 24.0. The lowest BCUT2D eigenvalue weighted by atomic mass is 10.1. The molecule has 0 unspecified atom stereocenters. The molecule has 1 N–H and O–H groups in total. The Hall–Kier alpha value is -3.40. The summed E-state index contributed by atoms with van der Waals surface area (Å²) in [5, 5.41) is 20.8. The first-order valence-corrected chi connectivity index (χ1v) is 12.9. The summed E-state index contributed by atoms with van der Waals surface area (Å²) in [5.74, 6) is -1.09. The third-order valence-electron chi connectivity index (χ3n) is 3.93. The molecule has 0 bridgehead atoms. The van der Waals surface area contributed by atoms with E-state index in [1.807, 2.05) is 0 Å². The molecule has 3 rings (SSSR count). The second-order valence-corrected chi connectivity index (χ2v) is 11.2. The monoisotopic (exact) mass is 502 g/mol. The summed E-state index contributed by atoms with van der Waals surface area (Å²) < 4.78 is 29.5. The van der Waals surface area contributed by atoms with Gasteiger partial charge in [0, 0.05) is 0 Å². The fourth-order valence-corrected chi connectivity index (χ4v) is 5.77. The summed E-state index contributed by atoms with van der Waals surface area (Å²) in [5.41, 5.74) is 0.301. The second-order valence-electron chi connectivity index (χ2n) is 7.11. The van der Waals surface area contributed by atoms with E-state index >= 15 is 0 Å². The molecule has 0 aliphatic heterocycles. The number of hydrogen-bond donors (Lipinski definition) is 1. The molecule has 0 saturated heterocycles. The third-order valence-corrected chi connectivity index (χ3v) is 8.15. The second kappa shape index (κ2) is 10.5. The van der Waals surface area contributed by atoms with Crippen molar-refractivity contribution in [3.8, 4) is 11.8 Å². The lowest BCUT2D eigenvalue weighted by Gasteiger charge is -2.04.